The van der Waals surface area contributed by atoms with Crippen molar-refractivity contribution in [2.75, 3.05) is 6.26 Å². The minimum atomic E-state index is -3.25. The molecule has 0 aliphatic heterocycles. The summed E-state index contributed by atoms with van der Waals surface area (Å²) in [5, 5.41) is 6.16. The van der Waals surface area contributed by atoms with Gasteiger partial charge in [-0.05, 0) is 24.3 Å². The fourth-order valence-corrected chi connectivity index (χ4v) is 2.09. The zero-order valence-electron chi connectivity index (χ0n) is 10.2. The summed E-state index contributed by atoms with van der Waals surface area (Å²) in [6.07, 6.45) is 2.61. The molecule has 6 nitrogen and oxygen atoms in total. The van der Waals surface area contributed by atoms with E-state index in [9.17, 15) is 13.2 Å². The zero-order chi connectivity index (χ0) is 13.9. The van der Waals surface area contributed by atoms with Crippen LogP contribution in [0.4, 0.5) is 0 Å². The molecule has 1 aromatic carbocycles. The molecule has 0 bridgehead atoms. The molecule has 0 atom stereocenters. The van der Waals surface area contributed by atoms with E-state index in [1.165, 1.54) is 30.5 Å². The normalized spacial score (nSPS) is 11.2. The van der Waals surface area contributed by atoms with Crippen LogP contribution in [-0.2, 0) is 16.4 Å². The minimum absolute atomic E-state index is 0.180. The molecule has 0 aliphatic carbocycles. The topological polar surface area (TPSA) is 89.3 Å². The van der Waals surface area contributed by atoms with Gasteiger partial charge in [0, 0.05) is 17.9 Å². The van der Waals surface area contributed by atoms with Crippen molar-refractivity contribution in [1.29, 1.82) is 0 Å². The molecule has 7 heteroatoms. The van der Waals surface area contributed by atoms with Gasteiger partial charge in [-0.3, -0.25) is 4.79 Å². The summed E-state index contributed by atoms with van der Waals surface area (Å²) in [4.78, 5) is 12.0. The number of carbonyl (C=O) groups excluding carboxylic acids is 1. The lowest BCUT2D eigenvalue weighted by Gasteiger charge is -2.04. The molecule has 1 N–H and O–H groups in total. The molecule has 1 aromatic heterocycles. The second kappa shape index (κ2) is 5.23. The number of hydrogen-bond acceptors (Lipinski definition) is 5. The number of rotatable bonds is 4. The minimum Gasteiger partial charge on any atom is -0.360 e. The third-order valence-corrected chi connectivity index (χ3v) is 3.59. The Labute approximate surface area is 110 Å². The lowest BCUT2D eigenvalue weighted by atomic mass is 10.2. The highest BCUT2D eigenvalue weighted by Gasteiger charge is 2.10. The van der Waals surface area contributed by atoms with Crippen LogP contribution >= 0.6 is 0 Å². The van der Waals surface area contributed by atoms with Crippen LogP contribution < -0.4 is 5.32 Å². The van der Waals surface area contributed by atoms with Crippen LogP contribution in [0.25, 0.3) is 0 Å². The Balaban J connectivity index is 2.04. The van der Waals surface area contributed by atoms with Crippen LogP contribution in [0.3, 0.4) is 0 Å². The summed E-state index contributed by atoms with van der Waals surface area (Å²) >= 11 is 0. The van der Waals surface area contributed by atoms with Crippen LogP contribution in [0.1, 0.15) is 16.1 Å². The third kappa shape index (κ3) is 3.41. The average Bonchev–Trinajstić information content (AvgIpc) is 2.88. The van der Waals surface area contributed by atoms with Crippen LogP contribution in [0.5, 0.6) is 0 Å². The Morgan fingerprint density at radius 1 is 1.26 bits per heavy atom. The highest BCUT2D eigenvalue weighted by molar-refractivity contribution is 7.90. The lowest BCUT2D eigenvalue weighted by Crippen LogP contribution is -2.22. The summed E-state index contributed by atoms with van der Waals surface area (Å²) in [6.45, 7) is 0.229. The largest absolute Gasteiger partial charge is 0.360 e. The van der Waals surface area contributed by atoms with Crippen LogP contribution in [-0.4, -0.2) is 25.7 Å². The molecule has 0 spiro atoms. The summed E-state index contributed by atoms with van der Waals surface area (Å²) in [5.41, 5.74) is 0.381. The Hall–Kier alpha value is -2.15. The Morgan fingerprint density at radius 3 is 2.47 bits per heavy atom. The van der Waals surface area contributed by atoms with E-state index < -0.39 is 9.84 Å². The molecule has 2 rings (SSSR count). The predicted octanol–water partition coefficient (Wildman–Crippen LogP) is 1.01. The van der Waals surface area contributed by atoms with Crippen molar-refractivity contribution in [3.63, 3.8) is 0 Å². The van der Waals surface area contributed by atoms with Crippen molar-refractivity contribution in [2.45, 2.75) is 11.4 Å². The van der Waals surface area contributed by atoms with E-state index in [2.05, 4.69) is 10.5 Å². The molecule has 2 aromatic rings. The van der Waals surface area contributed by atoms with Crippen molar-refractivity contribution < 1.29 is 17.7 Å². The van der Waals surface area contributed by atoms with Gasteiger partial charge in [-0.1, -0.05) is 5.16 Å². The van der Waals surface area contributed by atoms with Gasteiger partial charge in [0.2, 0.25) is 0 Å². The van der Waals surface area contributed by atoms with Crippen molar-refractivity contribution >= 4 is 15.7 Å². The number of sulfone groups is 1. The molecule has 0 unspecified atom stereocenters. The Kier molecular flexibility index (Phi) is 3.66. The van der Waals surface area contributed by atoms with Crippen LogP contribution in [0, 0.1) is 0 Å². The molecule has 0 saturated heterocycles. The molecular weight excluding hydrogens is 268 g/mol. The summed E-state index contributed by atoms with van der Waals surface area (Å²) in [5.74, 6) is 0.234. The zero-order valence-corrected chi connectivity index (χ0v) is 11.0. The maximum atomic E-state index is 11.8. The van der Waals surface area contributed by atoms with Crippen molar-refractivity contribution in [3.8, 4) is 0 Å². The summed E-state index contributed by atoms with van der Waals surface area (Å²) in [6, 6.07) is 7.38. The van der Waals surface area contributed by atoms with Gasteiger partial charge in [0.1, 0.15) is 0 Å². The summed E-state index contributed by atoms with van der Waals surface area (Å²) < 4.78 is 27.4. The number of aromatic nitrogens is 1. The molecule has 1 heterocycles. The SMILES string of the molecule is CS(=O)(=O)c1ccc(C(=O)NCc2ccno2)cc1. The van der Waals surface area contributed by atoms with E-state index in [4.69, 9.17) is 4.52 Å². The standard InChI is InChI=1S/C12H12N2O4S/c1-19(16,17)11-4-2-9(3-5-11)12(15)13-8-10-6-7-14-18-10/h2-7H,8H2,1H3,(H,13,15). The van der Waals surface area contributed by atoms with Crippen molar-refractivity contribution in [3.05, 3.63) is 47.9 Å². The second-order valence-electron chi connectivity index (χ2n) is 3.96. The van der Waals surface area contributed by atoms with Gasteiger partial charge in [-0.2, -0.15) is 0 Å². The smallest absolute Gasteiger partial charge is 0.251 e. The van der Waals surface area contributed by atoms with Crippen molar-refractivity contribution in [2.24, 2.45) is 0 Å². The first-order valence-electron chi connectivity index (χ1n) is 5.45. The lowest BCUT2D eigenvalue weighted by molar-refractivity contribution is 0.0947. The maximum absolute atomic E-state index is 11.8. The molecule has 0 fully saturated rings. The Morgan fingerprint density at radius 2 is 1.95 bits per heavy atom. The van der Waals surface area contributed by atoms with Gasteiger partial charge >= 0.3 is 0 Å². The molecule has 0 aliphatic rings. The van der Waals surface area contributed by atoms with E-state index in [1.54, 1.807) is 6.07 Å². The maximum Gasteiger partial charge on any atom is 0.251 e. The number of nitrogens with one attached hydrogen (secondary N) is 1. The van der Waals surface area contributed by atoms with Gasteiger partial charge in [-0.25, -0.2) is 8.42 Å². The highest BCUT2D eigenvalue weighted by Crippen LogP contribution is 2.10. The Bertz CT molecular complexity index is 660. The molecule has 19 heavy (non-hydrogen) atoms. The monoisotopic (exact) mass is 280 g/mol. The van der Waals surface area contributed by atoms with E-state index in [-0.39, 0.29) is 17.3 Å². The second-order valence-corrected chi connectivity index (χ2v) is 5.97. The molecule has 1 amide bonds. The number of carbonyl (C=O) groups is 1. The van der Waals surface area contributed by atoms with Crippen LogP contribution in [0.2, 0.25) is 0 Å². The molecule has 0 saturated carbocycles. The molecular formula is C12H12N2O4S. The van der Waals surface area contributed by atoms with Gasteiger partial charge < -0.3 is 9.84 Å². The van der Waals surface area contributed by atoms with Crippen LogP contribution in [0.15, 0.2) is 45.9 Å². The number of hydrogen-bond donors (Lipinski definition) is 1. The van der Waals surface area contributed by atoms with Gasteiger partial charge in [0.15, 0.2) is 15.6 Å². The highest BCUT2D eigenvalue weighted by atomic mass is 32.2. The predicted molar refractivity (Wildman–Crippen MR) is 67.2 cm³/mol. The van der Waals surface area contributed by atoms with Gasteiger partial charge in [-0.15, -0.1) is 0 Å². The molecule has 100 valence electrons. The van der Waals surface area contributed by atoms with E-state index in [0.717, 1.165) is 6.26 Å². The fraction of sp³-hybridized carbons (Fsp3) is 0.167. The van der Waals surface area contributed by atoms with E-state index in [1.807, 2.05) is 0 Å². The first kappa shape index (κ1) is 13.3. The number of nitrogens with zero attached hydrogens (tertiary/aromatic N) is 1. The van der Waals surface area contributed by atoms with Crippen molar-refractivity contribution in [1.82, 2.24) is 10.5 Å². The first-order chi connectivity index (χ1) is 8.97. The quantitative estimate of drug-likeness (QED) is 0.902. The third-order valence-electron chi connectivity index (χ3n) is 2.46. The van der Waals surface area contributed by atoms with E-state index in [0.29, 0.717) is 11.3 Å². The number of benzene rings is 1. The fourth-order valence-electron chi connectivity index (χ4n) is 1.46. The number of amides is 1. The summed E-state index contributed by atoms with van der Waals surface area (Å²) in [7, 11) is -3.25. The molecule has 0 radical (unpaired) electrons. The average molecular weight is 280 g/mol. The van der Waals surface area contributed by atoms with Gasteiger partial charge in [0.05, 0.1) is 17.6 Å². The first-order valence-corrected chi connectivity index (χ1v) is 7.34. The van der Waals surface area contributed by atoms with Gasteiger partial charge in [0.25, 0.3) is 5.91 Å². The van der Waals surface area contributed by atoms with E-state index >= 15 is 0 Å².